The Morgan fingerprint density at radius 1 is 1.22 bits per heavy atom. The largest absolute Gasteiger partial charge is 0.334 e. The van der Waals surface area contributed by atoms with Gasteiger partial charge in [-0.3, -0.25) is 14.2 Å². The molecule has 3 aromatic rings. The number of fused-ring (bicyclic) bond motifs is 1. The molecule has 5 nitrogen and oxygen atoms in total. The predicted octanol–water partition coefficient (Wildman–Crippen LogP) is 3.98. The second-order valence-corrected chi connectivity index (χ2v) is 7.18. The predicted molar refractivity (Wildman–Crippen MR) is 111 cm³/mol. The SMILES string of the molecule is C=CCN(CC=C)C(=O)Cn1cnc2scc(-c3ccc(Cl)cc3)c2c1=O. The molecule has 1 aromatic carbocycles. The van der Waals surface area contributed by atoms with Gasteiger partial charge < -0.3 is 4.90 Å². The molecule has 0 aliphatic carbocycles. The van der Waals surface area contributed by atoms with Crippen molar-refractivity contribution in [2.45, 2.75) is 6.54 Å². The average molecular weight is 400 g/mol. The third kappa shape index (κ3) is 4.02. The van der Waals surface area contributed by atoms with Crippen LogP contribution in [0.2, 0.25) is 5.02 Å². The van der Waals surface area contributed by atoms with E-state index in [2.05, 4.69) is 18.1 Å². The van der Waals surface area contributed by atoms with Gasteiger partial charge in [0.25, 0.3) is 5.56 Å². The van der Waals surface area contributed by atoms with E-state index in [-0.39, 0.29) is 18.0 Å². The van der Waals surface area contributed by atoms with Crippen molar-refractivity contribution in [2.75, 3.05) is 13.1 Å². The van der Waals surface area contributed by atoms with Crippen molar-refractivity contribution in [3.63, 3.8) is 0 Å². The monoisotopic (exact) mass is 399 g/mol. The van der Waals surface area contributed by atoms with Gasteiger partial charge in [-0.1, -0.05) is 35.9 Å². The lowest BCUT2D eigenvalue weighted by Gasteiger charge is -2.19. The van der Waals surface area contributed by atoms with Crippen molar-refractivity contribution in [3.8, 4) is 11.1 Å². The molecular weight excluding hydrogens is 382 g/mol. The first-order chi connectivity index (χ1) is 13.0. The maximum Gasteiger partial charge on any atom is 0.263 e. The van der Waals surface area contributed by atoms with Crippen LogP contribution in [0.15, 0.2) is 66.1 Å². The van der Waals surface area contributed by atoms with E-state index in [0.717, 1.165) is 11.1 Å². The number of carbonyl (C=O) groups excluding carboxylic acids is 1. The zero-order valence-electron chi connectivity index (χ0n) is 14.6. The van der Waals surface area contributed by atoms with E-state index in [1.807, 2.05) is 17.5 Å². The third-order valence-corrected chi connectivity index (χ3v) is 5.21. The van der Waals surface area contributed by atoms with Crippen LogP contribution in [0, 0.1) is 0 Å². The lowest BCUT2D eigenvalue weighted by atomic mass is 10.1. The number of amides is 1. The molecule has 0 fully saturated rings. The van der Waals surface area contributed by atoms with Gasteiger partial charge in [0.15, 0.2) is 0 Å². The Balaban J connectivity index is 1.99. The fraction of sp³-hybridized carbons (Fsp3) is 0.150. The highest BCUT2D eigenvalue weighted by Crippen LogP contribution is 2.31. The number of halogens is 1. The highest BCUT2D eigenvalue weighted by atomic mass is 35.5. The van der Waals surface area contributed by atoms with Crippen LogP contribution in [-0.2, 0) is 11.3 Å². The number of benzene rings is 1. The second-order valence-electron chi connectivity index (χ2n) is 5.89. The standard InChI is InChI=1S/C20H18ClN3O2S/c1-3-9-23(10-4-2)17(25)11-24-13-22-19-18(20(24)26)16(12-27-19)14-5-7-15(21)8-6-14/h3-8,12-13H,1-2,9-11H2. The van der Waals surface area contributed by atoms with E-state index in [4.69, 9.17) is 11.6 Å². The minimum atomic E-state index is -0.239. The first-order valence-electron chi connectivity index (χ1n) is 8.27. The van der Waals surface area contributed by atoms with E-state index in [1.54, 1.807) is 29.2 Å². The van der Waals surface area contributed by atoms with E-state index >= 15 is 0 Å². The molecule has 1 amide bonds. The third-order valence-electron chi connectivity index (χ3n) is 4.07. The van der Waals surface area contributed by atoms with Gasteiger partial charge >= 0.3 is 0 Å². The van der Waals surface area contributed by atoms with Crippen molar-refractivity contribution < 1.29 is 4.79 Å². The van der Waals surface area contributed by atoms with Gasteiger partial charge in [0.2, 0.25) is 5.91 Å². The molecule has 0 spiro atoms. The number of aromatic nitrogens is 2. The van der Waals surface area contributed by atoms with Crippen molar-refractivity contribution in [3.05, 3.63) is 76.7 Å². The molecule has 0 N–H and O–H groups in total. The highest BCUT2D eigenvalue weighted by Gasteiger charge is 2.17. The molecule has 0 bridgehead atoms. The second kappa shape index (κ2) is 8.33. The van der Waals surface area contributed by atoms with E-state index in [0.29, 0.717) is 28.3 Å². The van der Waals surface area contributed by atoms with Gasteiger partial charge in [-0.15, -0.1) is 24.5 Å². The normalized spacial score (nSPS) is 10.7. The Hall–Kier alpha value is -2.70. The first kappa shape index (κ1) is 19.1. The summed E-state index contributed by atoms with van der Waals surface area (Å²) in [6, 6.07) is 7.28. The summed E-state index contributed by atoms with van der Waals surface area (Å²) < 4.78 is 1.34. The lowest BCUT2D eigenvalue weighted by molar-refractivity contribution is -0.130. The number of carbonyl (C=O) groups is 1. The van der Waals surface area contributed by atoms with Crippen molar-refractivity contribution in [1.82, 2.24) is 14.5 Å². The smallest absolute Gasteiger partial charge is 0.263 e. The van der Waals surface area contributed by atoms with Crippen LogP contribution in [0.1, 0.15) is 0 Å². The molecule has 2 aromatic heterocycles. The number of thiophene rings is 1. The summed E-state index contributed by atoms with van der Waals surface area (Å²) in [5.74, 6) is -0.193. The zero-order chi connectivity index (χ0) is 19.4. The average Bonchev–Trinajstić information content (AvgIpc) is 3.09. The molecule has 0 radical (unpaired) electrons. The first-order valence-corrected chi connectivity index (χ1v) is 9.53. The summed E-state index contributed by atoms with van der Waals surface area (Å²) in [6.07, 6.45) is 4.71. The fourth-order valence-corrected chi connectivity index (χ4v) is 3.79. The van der Waals surface area contributed by atoms with E-state index < -0.39 is 0 Å². The molecule has 0 saturated heterocycles. The van der Waals surface area contributed by atoms with Crippen molar-refractivity contribution in [1.29, 1.82) is 0 Å². The van der Waals surface area contributed by atoms with Crippen molar-refractivity contribution in [2.24, 2.45) is 0 Å². The Labute approximate surface area is 165 Å². The van der Waals surface area contributed by atoms with Gasteiger partial charge in [0.1, 0.15) is 11.4 Å². The molecule has 0 aliphatic rings. The topological polar surface area (TPSA) is 55.2 Å². The molecule has 0 aliphatic heterocycles. The summed E-state index contributed by atoms with van der Waals surface area (Å²) in [7, 11) is 0. The number of hydrogen-bond acceptors (Lipinski definition) is 4. The van der Waals surface area contributed by atoms with Crippen LogP contribution < -0.4 is 5.56 Å². The quantitative estimate of drug-likeness (QED) is 0.564. The minimum absolute atomic E-state index is 0.0840. The molecule has 0 atom stereocenters. The van der Waals surface area contributed by atoms with Gasteiger partial charge in [0.05, 0.1) is 11.7 Å². The molecule has 138 valence electrons. The van der Waals surface area contributed by atoms with Gasteiger partial charge in [-0.25, -0.2) is 4.98 Å². The van der Waals surface area contributed by atoms with Crippen LogP contribution in [0.5, 0.6) is 0 Å². The summed E-state index contributed by atoms with van der Waals surface area (Å²) in [4.78, 5) is 32.1. The lowest BCUT2D eigenvalue weighted by Crippen LogP contribution is -2.36. The minimum Gasteiger partial charge on any atom is -0.334 e. The summed E-state index contributed by atoms with van der Waals surface area (Å²) in [6.45, 7) is 8.02. The molecular formula is C20H18ClN3O2S. The summed E-state index contributed by atoms with van der Waals surface area (Å²) >= 11 is 7.35. The molecule has 7 heteroatoms. The van der Waals surface area contributed by atoms with Crippen LogP contribution >= 0.6 is 22.9 Å². The van der Waals surface area contributed by atoms with Crippen LogP contribution in [0.4, 0.5) is 0 Å². The molecule has 2 heterocycles. The van der Waals surface area contributed by atoms with Crippen LogP contribution in [-0.4, -0.2) is 33.4 Å². The van der Waals surface area contributed by atoms with Crippen molar-refractivity contribution >= 4 is 39.1 Å². The highest BCUT2D eigenvalue weighted by molar-refractivity contribution is 7.17. The summed E-state index contributed by atoms with van der Waals surface area (Å²) in [5.41, 5.74) is 1.44. The van der Waals surface area contributed by atoms with Gasteiger partial charge in [-0.05, 0) is 17.7 Å². The number of rotatable bonds is 7. The maximum absolute atomic E-state index is 13.0. The molecule has 27 heavy (non-hydrogen) atoms. The Morgan fingerprint density at radius 3 is 2.52 bits per heavy atom. The van der Waals surface area contributed by atoms with Gasteiger partial charge in [0, 0.05) is 29.1 Å². The van der Waals surface area contributed by atoms with Gasteiger partial charge in [-0.2, -0.15) is 0 Å². The maximum atomic E-state index is 13.0. The fourth-order valence-electron chi connectivity index (χ4n) is 2.76. The van der Waals surface area contributed by atoms with Crippen LogP contribution in [0.25, 0.3) is 21.3 Å². The molecule has 0 unspecified atom stereocenters. The number of hydrogen-bond donors (Lipinski definition) is 0. The Kier molecular flexibility index (Phi) is 5.88. The van der Waals surface area contributed by atoms with Crippen LogP contribution in [0.3, 0.4) is 0 Å². The molecule has 0 saturated carbocycles. The van der Waals surface area contributed by atoms with E-state index in [1.165, 1.54) is 22.2 Å². The molecule has 3 rings (SSSR count). The zero-order valence-corrected chi connectivity index (χ0v) is 16.2. The Morgan fingerprint density at radius 2 is 1.89 bits per heavy atom. The van der Waals surface area contributed by atoms with E-state index in [9.17, 15) is 9.59 Å². The summed E-state index contributed by atoms with van der Waals surface area (Å²) in [5, 5.41) is 3.04. The Bertz CT molecular complexity index is 1040. The number of nitrogens with zero attached hydrogens (tertiary/aromatic N) is 3.